The summed E-state index contributed by atoms with van der Waals surface area (Å²) < 4.78 is 15.4. The number of ether oxygens (including phenoxy) is 3. The molecule has 1 aliphatic carbocycles. The summed E-state index contributed by atoms with van der Waals surface area (Å²) in [6.07, 6.45) is -1.18. The average Bonchev–Trinajstić information content (AvgIpc) is 2.52. The molecular weight excluding hydrogens is 382 g/mol. The number of hydrogen-bond donors (Lipinski definition) is 2. The molecule has 0 unspecified atom stereocenters. The van der Waals surface area contributed by atoms with Crippen LogP contribution < -0.4 is 10.6 Å². The second-order valence-corrected chi connectivity index (χ2v) is 8.88. The molecule has 0 aromatic carbocycles. The van der Waals surface area contributed by atoms with Gasteiger partial charge in [-0.05, 0) is 59.9 Å². The van der Waals surface area contributed by atoms with Crippen molar-refractivity contribution >= 4 is 18.2 Å². The lowest BCUT2D eigenvalue weighted by atomic mass is 9.78. The Morgan fingerprint density at radius 2 is 1.41 bits per heavy atom. The molecule has 1 rings (SSSR count). The molecule has 4 atom stereocenters. The van der Waals surface area contributed by atoms with E-state index in [1.807, 2.05) is 0 Å². The van der Waals surface area contributed by atoms with Gasteiger partial charge < -0.3 is 24.8 Å². The van der Waals surface area contributed by atoms with Crippen LogP contribution >= 0.6 is 0 Å². The number of hydrogen-bond acceptors (Lipinski definition) is 7. The number of nitrogens with one attached hydrogen (secondary N) is 2. The maximum Gasteiger partial charge on any atom is 0.407 e. The first-order valence-corrected chi connectivity index (χ1v) is 9.37. The van der Waals surface area contributed by atoms with Crippen LogP contribution in [0.3, 0.4) is 0 Å². The number of carbonyl (C=O) groups excluding carboxylic acids is 3. The minimum absolute atomic E-state index is 0.0810. The largest absolute Gasteiger partial charge is 0.469 e. The molecule has 0 aliphatic heterocycles. The minimum Gasteiger partial charge on any atom is -0.469 e. The Morgan fingerprint density at radius 1 is 0.931 bits per heavy atom. The van der Waals surface area contributed by atoms with Crippen LogP contribution in [0.4, 0.5) is 9.59 Å². The third kappa shape index (κ3) is 8.47. The maximum atomic E-state index is 12.2. The second-order valence-electron chi connectivity index (χ2n) is 8.88. The first kappa shape index (κ1) is 24.4. The predicted octanol–water partition coefficient (Wildman–Crippen LogP) is 3.03. The normalized spacial score (nSPS) is 24.5. The molecule has 11 heteroatoms. The van der Waals surface area contributed by atoms with Crippen LogP contribution in [0.2, 0.25) is 0 Å². The molecular formula is C18H31N5O6. The molecule has 11 nitrogen and oxygen atoms in total. The molecule has 164 valence electrons. The first-order chi connectivity index (χ1) is 13.3. The van der Waals surface area contributed by atoms with Gasteiger partial charge in [0, 0.05) is 17.0 Å². The summed E-state index contributed by atoms with van der Waals surface area (Å²) in [5.41, 5.74) is 7.45. The fourth-order valence-corrected chi connectivity index (χ4v) is 3.02. The van der Waals surface area contributed by atoms with Crippen LogP contribution in [0.25, 0.3) is 10.4 Å². The molecule has 0 radical (unpaired) electrons. The molecule has 1 saturated carbocycles. The summed E-state index contributed by atoms with van der Waals surface area (Å²) in [4.78, 5) is 39.5. The Hall–Kier alpha value is -2.68. The summed E-state index contributed by atoms with van der Waals surface area (Å²) in [6, 6.07) is -2.06. The van der Waals surface area contributed by atoms with Crippen molar-refractivity contribution in [1.82, 2.24) is 10.6 Å². The molecule has 0 spiro atoms. The van der Waals surface area contributed by atoms with Crippen molar-refractivity contribution in [2.24, 2.45) is 11.0 Å². The van der Waals surface area contributed by atoms with Crippen molar-refractivity contribution in [2.45, 2.75) is 83.7 Å². The number of amides is 2. The summed E-state index contributed by atoms with van der Waals surface area (Å²) in [5.74, 6) is -1.32. The van der Waals surface area contributed by atoms with Gasteiger partial charge in [0.05, 0.1) is 19.1 Å². The Bertz CT molecular complexity index is 663. The van der Waals surface area contributed by atoms with E-state index in [2.05, 4.69) is 20.7 Å². The second kappa shape index (κ2) is 9.69. The lowest BCUT2D eigenvalue weighted by molar-refractivity contribution is -0.147. The minimum atomic E-state index is -0.764. The van der Waals surface area contributed by atoms with Gasteiger partial charge in [-0.25, -0.2) is 9.59 Å². The predicted molar refractivity (Wildman–Crippen MR) is 104 cm³/mol. The Kier molecular flexibility index (Phi) is 8.14. The third-order valence-corrected chi connectivity index (χ3v) is 4.06. The fraction of sp³-hybridized carbons (Fsp3) is 0.833. The average molecular weight is 413 g/mol. The molecule has 0 heterocycles. The van der Waals surface area contributed by atoms with E-state index in [4.69, 9.17) is 19.7 Å². The highest BCUT2D eigenvalue weighted by molar-refractivity contribution is 5.76. The highest BCUT2D eigenvalue weighted by Crippen LogP contribution is 2.29. The van der Waals surface area contributed by atoms with Gasteiger partial charge in [-0.2, -0.15) is 0 Å². The molecule has 29 heavy (non-hydrogen) atoms. The zero-order valence-electron chi connectivity index (χ0n) is 18.0. The zero-order valence-corrected chi connectivity index (χ0v) is 18.0. The molecule has 2 amide bonds. The number of rotatable bonds is 4. The molecule has 1 fully saturated rings. The van der Waals surface area contributed by atoms with E-state index in [-0.39, 0.29) is 12.8 Å². The number of nitrogens with zero attached hydrogens (tertiary/aromatic N) is 3. The summed E-state index contributed by atoms with van der Waals surface area (Å²) in [5, 5.41) is 9.05. The van der Waals surface area contributed by atoms with E-state index in [9.17, 15) is 14.4 Å². The van der Waals surface area contributed by atoms with Gasteiger partial charge in [-0.3, -0.25) is 4.79 Å². The number of esters is 1. The summed E-state index contributed by atoms with van der Waals surface area (Å²) >= 11 is 0. The quantitative estimate of drug-likeness (QED) is 0.237. The van der Waals surface area contributed by atoms with Crippen LogP contribution in [0.5, 0.6) is 0 Å². The van der Waals surface area contributed by atoms with Crippen LogP contribution in [0.15, 0.2) is 5.11 Å². The van der Waals surface area contributed by atoms with Crippen molar-refractivity contribution in [3.63, 3.8) is 0 Å². The fourth-order valence-electron chi connectivity index (χ4n) is 3.02. The Balaban J connectivity index is 3.04. The van der Waals surface area contributed by atoms with Gasteiger partial charge in [-0.1, -0.05) is 5.11 Å². The van der Waals surface area contributed by atoms with Gasteiger partial charge in [0.2, 0.25) is 0 Å². The monoisotopic (exact) mass is 413 g/mol. The number of carbonyl (C=O) groups is 3. The standard InChI is InChI=1S/C18H31N5O6/c1-17(2,3)28-15(25)20-11-9-12(21-16(26)29-18(4,5)6)13(22-23-19)8-10(11)14(24)27-7/h10-13H,8-9H2,1-7H3,(H,20,25)(H,21,26)/t10-,11-,12+,13+/m1/s1. The van der Waals surface area contributed by atoms with Crippen molar-refractivity contribution in [3.05, 3.63) is 10.4 Å². The molecule has 2 N–H and O–H groups in total. The van der Waals surface area contributed by atoms with Crippen molar-refractivity contribution < 1.29 is 28.6 Å². The highest BCUT2D eigenvalue weighted by atomic mass is 16.6. The van der Waals surface area contributed by atoms with E-state index in [1.165, 1.54) is 7.11 Å². The van der Waals surface area contributed by atoms with Gasteiger partial charge in [-0.15, -0.1) is 0 Å². The lowest BCUT2D eigenvalue weighted by Crippen LogP contribution is -2.57. The molecule has 0 aromatic heterocycles. The van der Waals surface area contributed by atoms with E-state index in [0.29, 0.717) is 0 Å². The SMILES string of the molecule is COC(=O)[C@@H]1C[C@H](N=[N+]=[N-])[C@@H](NC(=O)OC(C)(C)C)C[C@H]1NC(=O)OC(C)(C)C. The van der Waals surface area contributed by atoms with Crippen LogP contribution in [0, 0.1) is 5.92 Å². The molecule has 1 aliphatic rings. The maximum absolute atomic E-state index is 12.2. The van der Waals surface area contributed by atoms with Crippen LogP contribution in [-0.4, -0.2) is 54.6 Å². The van der Waals surface area contributed by atoms with Crippen molar-refractivity contribution in [1.29, 1.82) is 0 Å². The van der Waals surface area contributed by atoms with E-state index >= 15 is 0 Å². The number of azide groups is 1. The zero-order chi connectivity index (χ0) is 22.4. The Morgan fingerprint density at radius 3 is 1.83 bits per heavy atom. The van der Waals surface area contributed by atoms with Gasteiger partial charge in [0.1, 0.15) is 11.2 Å². The molecule has 0 aromatic rings. The third-order valence-electron chi connectivity index (χ3n) is 4.06. The first-order valence-electron chi connectivity index (χ1n) is 9.37. The lowest BCUT2D eigenvalue weighted by Gasteiger charge is -2.39. The van der Waals surface area contributed by atoms with Crippen LogP contribution in [0.1, 0.15) is 54.4 Å². The summed E-state index contributed by atoms with van der Waals surface area (Å²) in [7, 11) is 1.24. The van der Waals surface area contributed by atoms with Gasteiger partial charge in [0.15, 0.2) is 0 Å². The van der Waals surface area contributed by atoms with Crippen molar-refractivity contribution in [2.75, 3.05) is 7.11 Å². The van der Waals surface area contributed by atoms with E-state index < -0.39 is 53.4 Å². The Labute approximate surface area is 170 Å². The number of alkyl carbamates (subject to hydrolysis) is 2. The van der Waals surface area contributed by atoms with Crippen LogP contribution in [-0.2, 0) is 19.0 Å². The van der Waals surface area contributed by atoms with E-state index in [0.717, 1.165) is 0 Å². The highest BCUT2D eigenvalue weighted by Gasteiger charge is 2.43. The van der Waals surface area contributed by atoms with Gasteiger partial charge >= 0.3 is 18.2 Å². The smallest absolute Gasteiger partial charge is 0.407 e. The van der Waals surface area contributed by atoms with Crippen molar-refractivity contribution in [3.8, 4) is 0 Å². The van der Waals surface area contributed by atoms with Gasteiger partial charge in [0.25, 0.3) is 0 Å². The molecule has 0 bridgehead atoms. The molecule has 0 saturated heterocycles. The van der Waals surface area contributed by atoms with E-state index in [1.54, 1.807) is 41.5 Å². The topological polar surface area (TPSA) is 152 Å². The summed E-state index contributed by atoms with van der Waals surface area (Å²) in [6.45, 7) is 10.3. The number of methoxy groups -OCH3 is 1.